The van der Waals surface area contributed by atoms with E-state index in [4.69, 9.17) is 0 Å². The molecule has 3 nitrogen and oxygen atoms in total. The van der Waals surface area contributed by atoms with Crippen molar-refractivity contribution in [3.05, 3.63) is 57.6 Å². The highest BCUT2D eigenvalue weighted by molar-refractivity contribution is 9.10. The quantitative estimate of drug-likeness (QED) is 0.750. The first kappa shape index (κ1) is 11.2. The number of benzene rings is 2. The van der Waals surface area contributed by atoms with Gasteiger partial charge < -0.3 is 5.11 Å². The first-order valence-corrected chi connectivity index (χ1v) is 6.10. The van der Waals surface area contributed by atoms with Crippen LogP contribution in [0.15, 0.2) is 40.9 Å². The van der Waals surface area contributed by atoms with E-state index in [0.29, 0.717) is 15.6 Å². The summed E-state index contributed by atoms with van der Waals surface area (Å²) in [4.78, 5) is 23.6. The van der Waals surface area contributed by atoms with E-state index in [0.717, 1.165) is 5.56 Å². The van der Waals surface area contributed by atoms with Gasteiger partial charge in [-0.3, -0.25) is 4.79 Å². The van der Waals surface area contributed by atoms with Gasteiger partial charge in [-0.05, 0) is 33.1 Å². The summed E-state index contributed by atoms with van der Waals surface area (Å²) in [5.41, 5.74) is 2.36. The van der Waals surface area contributed by atoms with Crippen LogP contribution in [0.1, 0.15) is 26.3 Å². The topological polar surface area (TPSA) is 54.4 Å². The number of carboxylic acid groups (broad SMARTS) is 1. The summed E-state index contributed by atoms with van der Waals surface area (Å²) in [6.45, 7) is 0. The van der Waals surface area contributed by atoms with E-state index in [1.165, 1.54) is 0 Å². The van der Waals surface area contributed by atoms with Crippen molar-refractivity contribution >= 4 is 27.7 Å². The molecule has 1 N–H and O–H groups in total. The van der Waals surface area contributed by atoms with Crippen LogP contribution < -0.4 is 0 Å². The van der Waals surface area contributed by atoms with Crippen molar-refractivity contribution < 1.29 is 14.7 Å². The third-order valence-electron chi connectivity index (χ3n) is 3.06. The Bertz CT molecular complexity index is 704. The number of ketones is 1. The second kappa shape index (κ2) is 3.78. The number of carbonyl (C=O) groups is 2. The van der Waals surface area contributed by atoms with Crippen LogP contribution in [0.3, 0.4) is 0 Å². The fourth-order valence-electron chi connectivity index (χ4n) is 2.30. The van der Waals surface area contributed by atoms with Gasteiger partial charge in [0.2, 0.25) is 0 Å². The lowest BCUT2D eigenvalue weighted by molar-refractivity contribution is 0.0692. The third-order valence-corrected chi connectivity index (χ3v) is 3.72. The van der Waals surface area contributed by atoms with Gasteiger partial charge in [-0.2, -0.15) is 0 Å². The minimum Gasteiger partial charge on any atom is -0.478 e. The SMILES string of the molecule is O=C(O)c1c(Br)ccc2c1C(=O)c1ccccc1-2. The molecule has 1 aliphatic rings. The van der Waals surface area contributed by atoms with Crippen LogP contribution in [0, 0.1) is 0 Å². The lowest BCUT2D eigenvalue weighted by Crippen LogP contribution is -2.07. The van der Waals surface area contributed by atoms with Crippen molar-refractivity contribution in [3.63, 3.8) is 0 Å². The van der Waals surface area contributed by atoms with Gasteiger partial charge in [0.15, 0.2) is 5.78 Å². The number of aromatic carboxylic acids is 1. The van der Waals surface area contributed by atoms with Gasteiger partial charge in [0.25, 0.3) is 0 Å². The molecule has 0 aromatic heterocycles. The Kier molecular flexibility index (Phi) is 2.35. The number of hydrogen-bond acceptors (Lipinski definition) is 2. The summed E-state index contributed by atoms with van der Waals surface area (Å²) < 4.78 is 0.426. The van der Waals surface area contributed by atoms with Gasteiger partial charge in [0.1, 0.15) is 0 Å². The molecule has 0 aliphatic heterocycles. The predicted molar refractivity (Wildman–Crippen MR) is 70.0 cm³/mol. The average Bonchev–Trinajstić information content (AvgIpc) is 2.63. The van der Waals surface area contributed by atoms with E-state index < -0.39 is 5.97 Å². The zero-order valence-corrected chi connectivity index (χ0v) is 10.7. The zero-order chi connectivity index (χ0) is 12.9. The monoisotopic (exact) mass is 302 g/mol. The second-order valence-electron chi connectivity index (χ2n) is 4.02. The van der Waals surface area contributed by atoms with Crippen molar-refractivity contribution in [1.82, 2.24) is 0 Å². The first-order valence-electron chi connectivity index (χ1n) is 5.31. The van der Waals surface area contributed by atoms with E-state index in [9.17, 15) is 14.7 Å². The molecule has 0 saturated heterocycles. The average molecular weight is 303 g/mol. The molecule has 0 spiro atoms. The summed E-state index contributed by atoms with van der Waals surface area (Å²) >= 11 is 3.19. The van der Waals surface area contributed by atoms with Crippen LogP contribution in [0.5, 0.6) is 0 Å². The first-order chi connectivity index (χ1) is 8.61. The van der Waals surface area contributed by atoms with E-state index in [1.807, 2.05) is 12.1 Å². The minimum absolute atomic E-state index is 0.0358. The smallest absolute Gasteiger partial charge is 0.337 e. The largest absolute Gasteiger partial charge is 0.478 e. The molecule has 1 aliphatic carbocycles. The summed E-state index contributed by atoms with van der Waals surface area (Å²) in [5.74, 6) is -1.32. The second-order valence-corrected chi connectivity index (χ2v) is 4.88. The molecule has 4 heteroatoms. The molecule has 0 unspecified atom stereocenters. The van der Waals surface area contributed by atoms with E-state index in [-0.39, 0.29) is 16.9 Å². The molecule has 3 rings (SSSR count). The Labute approximate surface area is 111 Å². The maximum Gasteiger partial charge on any atom is 0.337 e. The number of halogens is 1. The van der Waals surface area contributed by atoms with Gasteiger partial charge >= 0.3 is 5.97 Å². The van der Waals surface area contributed by atoms with Gasteiger partial charge in [0, 0.05) is 15.6 Å². The highest BCUT2D eigenvalue weighted by Gasteiger charge is 2.32. The number of hydrogen-bond donors (Lipinski definition) is 1. The highest BCUT2D eigenvalue weighted by Crippen LogP contribution is 2.40. The fraction of sp³-hybridized carbons (Fsp3) is 0. The molecule has 0 fully saturated rings. The van der Waals surface area contributed by atoms with E-state index in [2.05, 4.69) is 15.9 Å². The summed E-state index contributed by atoms with van der Waals surface area (Å²) in [5, 5.41) is 9.24. The van der Waals surface area contributed by atoms with Gasteiger partial charge in [0.05, 0.1) is 5.56 Å². The molecule has 18 heavy (non-hydrogen) atoms. The molecule has 0 radical (unpaired) electrons. The van der Waals surface area contributed by atoms with Gasteiger partial charge in [-0.1, -0.05) is 30.3 Å². The molecule has 0 bridgehead atoms. The van der Waals surface area contributed by atoms with Crippen molar-refractivity contribution in [2.24, 2.45) is 0 Å². The molecular weight excluding hydrogens is 296 g/mol. The lowest BCUT2D eigenvalue weighted by atomic mass is 10.0. The number of carbonyl (C=O) groups excluding carboxylic acids is 1. The molecule has 2 aromatic rings. The Balaban J connectivity index is 2.41. The van der Waals surface area contributed by atoms with Crippen LogP contribution in [-0.2, 0) is 0 Å². The number of carboxylic acids is 1. The highest BCUT2D eigenvalue weighted by atomic mass is 79.9. The Morgan fingerprint density at radius 2 is 1.67 bits per heavy atom. The molecule has 0 atom stereocenters. The normalized spacial score (nSPS) is 12.2. The molecule has 2 aromatic carbocycles. The van der Waals surface area contributed by atoms with Crippen LogP contribution in [0.25, 0.3) is 11.1 Å². The molecular formula is C14H7BrO3. The lowest BCUT2D eigenvalue weighted by Gasteiger charge is -2.05. The van der Waals surface area contributed by atoms with Gasteiger partial charge in [-0.25, -0.2) is 4.79 Å². The molecule has 0 saturated carbocycles. The van der Waals surface area contributed by atoms with Crippen LogP contribution in [0.2, 0.25) is 0 Å². The van der Waals surface area contributed by atoms with E-state index in [1.54, 1.807) is 24.3 Å². The third kappa shape index (κ3) is 1.36. The van der Waals surface area contributed by atoms with Crippen LogP contribution in [0.4, 0.5) is 0 Å². The number of rotatable bonds is 1. The van der Waals surface area contributed by atoms with Crippen molar-refractivity contribution in [3.8, 4) is 11.1 Å². The predicted octanol–water partition coefficient (Wildman–Crippen LogP) is 3.36. The fourth-order valence-corrected chi connectivity index (χ4v) is 2.80. The Morgan fingerprint density at radius 3 is 2.33 bits per heavy atom. The van der Waals surface area contributed by atoms with E-state index >= 15 is 0 Å². The van der Waals surface area contributed by atoms with Crippen molar-refractivity contribution in [2.45, 2.75) is 0 Å². The van der Waals surface area contributed by atoms with Crippen LogP contribution >= 0.6 is 15.9 Å². The Hall–Kier alpha value is -1.94. The molecule has 0 heterocycles. The molecule has 88 valence electrons. The summed E-state index contributed by atoms with van der Waals surface area (Å²) in [6.07, 6.45) is 0. The van der Waals surface area contributed by atoms with Crippen molar-refractivity contribution in [2.75, 3.05) is 0 Å². The maximum absolute atomic E-state index is 12.3. The number of fused-ring (bicyclic) bond motifs is 3. The zero-order valence-electron chi connectivity index (χ0n) is 9.11. The van der Waals surface area contributed by atoms with Gasteiger partial charge in [-0.15, -0.1) is 0 Å². The Morgan fingerprint density at radius 1 is 1.00 bits per heavy atom. The van der Waals surface area contributed by atoms with Crippen LogP contribution in [-0.4, -0.2) is 16.9 Å². The minimum atomic E-state index is -1.10. The maximum atomic E-state index is 12.3. The molecule has 0 amide bonds. The van der Waals surface area contributed by atoms with Crippen molar-refractivity contribution in [1.29, 1.82) is 0 Å². The summed E-state index contributed by atoms with van der Waals surface area (Å²) in [7, 11) is 0. The standard InChI is InChI=1S/C14H7BrO3/c15-10-6-5-8-7-3-1-2-4-9(7)13(16)11(8)12(10)14(17)18/h1-6H,(H,17,18). The summed E-state index contributed by atoms with van der Waals surface area (Å²) in [6, 6.07) is 10.6.